The highest BCUT2D eigenvalue weighted by Gasteiger charge is 2.04. The lowest BCUT2D eigenvalue weighted by Crippen LogP contribution is -2.03. The van der Waals surface area contributed by atoms with Gasteiger partial charge in [0.15, 0.2) is 0 Å². The number of unbranched alkanes of at least 4 members (excludes halogenated alkanes) is 2. The van der Waals surface area contributed by atoms with Gasteiger partial charge in [-0.25, -0.2) is 4.98 Å². The Morgan fingerprint density at radius 3 is 1.48 bits per heavy atom. The molecule has 0 saturated carbocycles. The Labute approximate surface area is 190 Å². The Morgan fingerprint density at radius 1 is 0.621 bits per heavy atom. The minimum Gasteiger partial charge on any atom is -0.494 e. The van der Waals surface area contributed by atoms with E-state index in [4.69, 9.17) is 25.9 Å². The van der Waals surface area contributed by atoms with Crippen molar-refractivity contribution in [2.24, 2.45) is 11.5 Å². The molecule has 2 aromatic carbocycles. The molecule has 29 heavy (non-hydrogen) atoms. The van der Waals surface area contributed by atoms with Gasteiger partial charge in [0.1, 0.15) is 11.5 Å². The van der Waals surface area contributed by atoms with E-state index in [0.29, 0.717) is 26.3 Å². The summed E-state index contributed by atoms with van der Waals surface area (Å²) in [4.78, 5) is 4.79. The first-order chi connectivity index (χ1) is 12.8. The standard InChI is InChI=1S/C21H27N3O2.3ClH/c22-9-1-3-11-25-18-7-5-16-13-17-6-8-19(26-12-4-2-10-23)15-21(17)24-20(16)14-18;;;/h5-8,13-15H,1-4,9-12,22-23H2;3*1H. The van der Waals surface area contributed by atoms with Crippen molar-refractivity contribution >= 4 is 59.0 Å². The third-order valence-corrected chi connectivity index (χ3v) is 4.29. The van der Waals surface area contributed by atoms with Gasteiger partial charge in [-0.1, -0.05) is 0 Å². The molecular formula is C21H30Cl3N3O2. The average Bonchev–Trinajstić information content (AvgIpc) is 2.67. The van der Waals surface area contributed by atoms with E-state index >= 15 is 0 Å². The number of pyridine rings is 1. The van der Waals surface area contributed by atoms with Gasteiger partial charge in [-0.2, -0.15) is 0 Å². The quantitative estimate of drug-likeness (QED) is 0.331. The zero-order valence-electron chi connectivity index (χ0n) is 16.3. The van der Waals surface area contributed by atoms with E-state index in [2.05, 4.69) is 18.2 Å². The molecule has 3 aromatic rings. The lowest BCUT2D eigenvalue weighted by atomic mass is 10.1. The van der Waals surface area contributed by atoms with Crippen LogP contribution in [0.25, 0.3) is 21.8 Å². The molecule has 0 aliphatic rings. The molecule has 0 unspecified atom stereocenters. The van der Waals surface area contributed by atoms with Gasteiger partial charge in [0.25, 0.3) is 0 Å². The van der Waals surface area contributed by atoms with Gasteiger partial charge in [0.2, 0.25) is 0 Å². The van der Waals surface area contributed by atoms with Crippen molar-refractivity contribution in [3.05, 3.63) is 42.5 Å². The fourth-order valence-electron chi connectivity index (χ4n) is 2.83. The number of hydrogen-bond donors (Lipinski definition) is 2. The van der Waals surface area contributed by atoms with Crippen molar-refractivity contribution < 1.29 is 9.47 Å². The predicted molar refractivity (Wildman–Crippen MR) is 129 cm³/mol. The first-order valence-electron chi connectivity index (χ1n) is 9.30. The van der Waals surface area contributed by atoms with E-state index in [9.17, 15) is 0 Å². The second kappa shape index (κ2) is 14.5. The van der Waals surface area contributed by atoms with Gasteiger partial charge in [-0.05, 0) is 69.1 Å². The molecule has 0 aliphatic carbocycles. The zero-order chi connectivity index (χ0) is 18.2. The molecule has 3 rings (SSSR count). The van der Waals surface area contributed by atoms with Crippen molar-refractivity contribution in [3.8, 4) is 11.5 Å². The normalized spacial score (nSPS) is 10.0. The third kappa shape index (κ3) is 8.03. The van der Waals surface area contributed by atoms with Crippen molar-refractivity contribution in [2.75, 3.05) is 26.3 Å². The van der Waals surface area contributed by atoms with Gasteiger partial charge in [0, 0.05) is 22.9 Å². The van der Waals surface area contributed by atoms with Gasteiger partial charge in [0.05, 0.1) is 24.2 Å². The second-order valence-electron chi connectivity index (χ2n) is 6.39. The molecule has 1 aromatic heterocycles. The van der Waals surface area contributed by atoms with Crippen LogP contribution in [0.3, 0.4) is 0 Å². The van der Waals surface area contributed by atoms with E-state index in [-0.39, 0.29) is 37.2 Å². The van der Waals surface area contributed by atoms with Crippen molar-refractivity contribution in [1.82, 2.24) is 4.98 Å². The molecule has 5 nitrogen and oxygen atoms in total. The largest absolute Gasteiger partial charge is 0.494 e. The van der Waals surface area contributed by atoms with Crippen LogP contribution < -0.4 is 20.9 Å². The van der Waals surface area contributed by atoms with Crippen LogP contribution in [-0.2, 0) is 0 Å². The molecule has 0 saturated heterocycles. The summed E-state index contributed by atoms with van der Waals surface area (Å²) < 4.78 is 11.6. The molecule has 0 fully saturated rings. The number of hydrogen-bond acceptors (Lipinski definition) is 5. The maximum atomic E-state index is 5.80. The minimum absolute atomic E-state index is 0. The van der Waals surface area contributed by atoms with Crippen LogP contribution in [0.4, 0.5) is 0 Å². The SMILES string of the molecule is Cl.Cl.Cl.NCCCCOc1ccc2cc3ccc(OCCCCN)cc3nc2c1. The van der Waals surface area contributed by atoms with Crippen molar-refractivity contribution in [1.29, 1.82) is 0 Å². The van der Waals surface area contributed by atoms with Gasteiger partial charge < -0.3 is 20.9 Å². The fraction of sp³-hybridized carbons (Fsp3) is 0.381. The van der Waals surface area contributed by atoms with E-state index in [1.54, 1.807) is 0 Å². The maximum absolute atomic E-state index is 5.80. The summed E-state index contributed by atoms with van der Waals surface area (Å²) in [6, 6.07) is 14.2. The highest BCUT2D eigenvalue weighted by Crippen LogP contribution is 2.26. The number of benzene rings is 2. The second-order valence-corrected chi connectivity index (χ2v) is 6.39. The van der Waals surface area contributed by atoms with Gasteiger partial charge >= 0.3 is 0 Å². The first-order valence-corrected chi connectivity index (χ1v) is 9.30. The van der Waals surface area contributed by atoms with Gasteiger partial charge in [-0.3, -0.25) is 0 Å². The molecule has 0 atom stereocenters. The molecular weight excluding hydrogens is 433 g/mol. The predicted octanol–water partition coefficient (Wildman–Crippen LogP) is 4.89. The number of nitrogens with two attached hydrogens (primary N) is 2. The summed E-state index contributed by atoms with van der Waals surface area (Å²) in [7, 11) is 0. The fourth-order valence-corrected chi connectivity index (χ4v) is 2.83. The number of nitrogens with zero attached hydrogens (tertiary/aromatic N) is 1. The topological polar surface area (TPSA) is 83.4 Å². The van der Waals surface area contributed by atoms with Crippen molar-refractivity contribution in [3.63, 3.8) is 0 Å². The molecule has 0 amide bonds. The molecule has 0 bridgehead atoms. The molecule has 8 heteroatoms. The minimum atomic E-state index is 0. The van der Waals surface area contributed by atoms with Crippen LogP contribution >= 0.6 is 37.2 Å². The van der Waals surface area contributed by atoms with Crippen LogP contribution in [-0.4, -0.2) is 31.3 Å². The maximum Gasteiger partial charge on any atom is 0.121 e. The lowest BCUT2D eigenvalue weighted by Gasteiger charge is -2.09. The molecule has 162 valence electrons. The summed E-state index contributed by atoms with van der Waals surface area (Å²) >= 11 is 0. The highest BCUT2D eigenvalue weighted by atomic mass is 35.5. The van der Waals surface area contributed by atoms with Crippen LogP contribution in [0.5, 0.6) is 11.5 Å². The summed E-state index contributed by atoms with van der Waals surface area (Å²) in [5.74, 6) is 1.69. The van der Waals surface area contributed by atoms with Crippen molar-refractivity contribution in [2.45, 2.75) is 25.7 Å². The Hall–Kier alpha value is -1.50. The highest BCUT2D eigenvalue weighted by molar-refractivity contribution is 5.93. The van der Waals surface area contributed by atoms with E-state index in [0.717, 1.165) is 59.0 Å². The number of fused-ring (bicyclic) bond motifs is 2. The van der Waals surface area contributed by atoms with Crippen LogP contribution in [0.2, 0.25) is 0 Å². The van der Waals surface area contributed by atoms with E-state index < -0.39 is 0 Å². The Morgan fingerprint density at radius 2 is 1.07 bits per heavy atom. The summed E-state index contributed by atoms with van der Waals surface area (Å²) in [6.07, 6.45) is 3.88. The summed E-state index contributed by atoms with van der Waals surface area (Å²) in [5.41, 5.74) is 12.9. The van der Waals surface area contributed by atoms with Crippen LogP contribution in [0.1, 0.15) is 25.7 Å². The number of aromatic nitrogens is 1. The first kappa shape index (κ1) is 27.5. The Bertz CT molecular complexity index is 798. The summed E-state index contributed by atoms with van der Waals surface area (Å²) in [5, 5.41) is 2.20. The lowest BCUT2D eigenvalue weighted by molar-refractivity contribution is 0.308. The smallest absolute Gasteiger partial charge is 0.121 e. The molecule has 4 N–H and O–H groups in total. The van der Waals surface area contributed by atoms with Gasteiger partial charge in [-0.15, -0.1) is 37.2 Å². The number of rotatable bonds is 10. The van der Waals surface area contributed by atoms with Crippen LogP contribution in [0.15, 0.2) is 42.5 Å². The number of halogens is 3. The molecule has 1 heterocycles. The third-order valence-electron chi connectivity index (χ3n) is 4.29. The molecule has 0 spiro atoms. The Kier molecular flexibility index (Phi) is 13.7. The summed E-state index contributed by atoms with van der Waals surface area (Å²) in [6.45, 7) is 2.75. The monoisotopic (exact) mass is 461 g/mol. The van der Waals surface area contributed by atoms with Crippen LogP contribution in [0, 0.1) is 0 Å². The van der Waals surface area contributed by atoms with E-state index in [1.807, 2.05) is 24.3 Å². The molecule has 0 aliphatic heterocycles. The Balaban J connectivity index is 0.00000261. The number of ether oxygens (including phenoxy) is 2. The van der Waals surface area contributed by atoms with E-state index in [1.165, 1.54) is 0 Å². The molecule has 0 radical (unpaired) electrons. The average molecular weight is 463 g/mol. The zero-order valence-corrected chi connectivity index (χ0v) is 18.8.